The van der Waals surface area contributed by atoms with Gasteiger partial charge in [0.05, 0.1) is 14.2 Å². The SMILES string of the molecule is COc1cc(/C=C/C(C)c2cc(C(C)(C)C)c(O)c(C(C)(C)C)c2)cc(OCOc2cc(C(C)/C=C/c3cc(C(C)(C)C)c(O)c(C(C)(C)C)c3)cc(OC)c2O)c1O. The molecule has 4 N–H and O–H groups in total. The van der Waals surface area contributed by atoms with Crippen LogP contribution in [0.25, 0.3) is 12.2 Å². The minimum absolute atomic E-state index is 0.00391. The second-order valence-electron chi connectivity index (χ2n) is 19.8. The first-order chi connectivity index (χ1) is 27.2. The molecule has 0 bridgehead atoms. The second kappa shape index (κ2) is 17.5. The predicted molar refractivity (Wildman–Crippen MR) is 241 cm³/mol. The van der Waals surface area contributed by atoms with Gasteiger partial charge in [-0.2, -0.15) is 0 Å². The summed E-state index contributed by atoms with van der Waals surface area (Å²) in [7, 11) is 2.96. The largest absolute Gasteiger partial charge is 0.507 e. The van der Waals surface area contributed by atoms with Gasteiger partial charge < -0.3 is 39.4 Å². The molecule has 8 nitrogen and oxygen atoms in total. The monoisotopic (exact) mass is 808 g/mol. The van der Waals surface area contributed by atoms with Crippen LogP contribution in [0.4, 0.5) is 0 Å². The van der Waals surface area contributed by atoms with Gasteiger partial charge in [0.15, 0.2) is 23.0 Å². The van der Waals surface area contributed by atoms with E-state index >= 15 is 0 Å². The molecule has 8 heteroatoms. The smallest absolute Gasteiger partial charge is 0.231 e. The van der Waals surface area contributed by atoms with Gasteiger partial charge >= 0.3 is 0 Å². The molecule has 0 fully saturated rings. The molecular formula is C51H68O8. The fourth-order valence-electron chi connectivity index (χ4n) is 6.94. The fraction of sp³-hybridized carbons (Fsp3) is 0.451. The van der Waals surface area contributed by atoms with Crippen molar-refractivity contribution in [2.45, 2.75) is 130 Å². The Kier molecular flexibility index (Phi) is 13.8. The van der Waals surface area contributed by atoms with E-state index in [4.69, 9.17) is 18.9 Å². The lowest BCUT2D eigenvalue weighted by Crippen LogP contribution is -2.18. The minimum Gasteiger partial charge on any atom is -0.507 e. The number of ether oxygens (including phenoxy) is 4. The zero-order valence-electron chi connectivity index (χ0n) is 38.2. The van der Waals surface area contributed by atoms with Crippen LogP contribution in [0.5, 0.6) is 46.0 Å². The maximum absolute atomic E-state index is 11.2. The van der Waals surface area contributed by atoms with E-state index in [-0.39, 0.29) is 74.8 Å². The molecule has 59 heavy (non-hydrogen) atoms. The highest BCUT2D eigenvalue weighted by Crippen LogP contribution is 2.44. The molecule has 2 unspecified atom stereocenters. The van der Waals surface area contributed by atoms with E-state index < -0.39 is 0 Å². The Labute approximate surface area is 353 Å². The Morgan fingerprint density at radius 1 is 0.441 bits per heavy atom. The summed E-state index contributed by atoms with van der Waals surface area (Å²) in [5.41, 5.74) is 6.21. The molecule has 0 spiro atoms. The average molecular weight is 809 g/mol. The molecular weight excluding hydrogens is 741 g/mol. The summed E-state index contributed by atoms with van der Waals surface area (Å²) in [6.45, 7) is 29.0. The number of aromatic hydroxyl groups is 4. The standard InChI is InChI=1S/C51H68O8/c1-30(34-25-38(50(9,10)11)45(53)39(26-34)51(12,13)14)18-20-33-23-40(56-15)46(54)42(24-33)58-29-59-43-28-35(27-41(57-16)47(43)55)31(2)17-19-32-21-36(48(3,4)5)44(52)37(22-32)49(6,7)8/h17-28,30-31,52-55H,29H2,1-16H3/b19-17+,20-18+. The molecule has 2 atom stereocenters. The molecule has 0 aromatic heterocycles. The third kappa shape index (κ3) is 11.1. The van der Waals surface area contributed by atoms with Crippen molar-refractivity contribution in [3.8, 4) is 46.0 Å². The third-order valence-electron chi connectivity index (χ3n) is 10.7. The summed E-state index contributed by atoms with van der Waals surface area (Å²) in [5, 5.41) is 44.5. The van der Waals surface area contributed by atoms with Gasteiger partial charge in [0.1, 0.15) is 11.5 Å². The van der Waals surface area contributed by atoms with Gasteiger partial charge in [-0.15, -0.1) is 0 Å². The summed E-state index contributed by atoms with van der Waals surface area (Å²) in [4.78, 5) is 0. The molecule has 320 valence electrons. The number of allylic oxidation sites excluding steroid dienone is 2. The average Bonchev–Trinajstić information content (AvgIpc) is 3.12. The van der Waals surface area contributed by atoms with Crippen molar-refractivity contribution in [3.05, 3.63) is 105 Å². The zero-order valence-corrected chi connectivity index (χ0v) is 38.2. The number of phenols is 4. The number of rotatable bonds is 12. The number of benzene rings is 4. The van der Waals surface area contributed by atoms with Crippen molar-refractivity contribution < 1.29 is 39.4 Å². The molecule has 0 saturated carbocycles. The van der Waals surface area contributed by atoms with Gasteiger partial charge in [-0.25, -0.2) is 0 Å². The van der Waals surface area contributed by atoms with Gasteiger partial charge in [0.2, 0.25) is 18.3 Å². The van der Waals surface area contributed by atoms with Crippen LogP contribution in [0, 0.1) is 0 Å². The van der Waals surface area contributed by atoms with Crippen LogP contribution in [-0.4, -0.2) is 41.4 Å². The number of hydrogen-bond acceptors (Lipinski definition) is 8. The highest BCUT2D eigenvalue weighted by Gasteiger charge is 2.28. The van der Waals surface area contributed by atoms with E-state index in [1.807, 2.05) is 31.2 Å². The van der Waals surface area contributed by atoms with Crippen LogP contribution < -0.4 is 18.9 Å². The lowest BCUT2D eigenvalue weighted by atomic mass is 9.77. The van der Waals surface area contributed by atoms with Crippen LogP contribution in [0.2, 0.25) is 0 Å². The molecule has 0 radical (unpaired) electrons. The predicted octanol–water partition coefficient (Wildman–Crippen LogP) is 12.8. The Balaban J connectivity index is 1.59. The highest BCUT2D eigenvalue weighted by atomic mass is 16.7. The molecule has 4 aromatic carbocycles. The van der Waals surface area contributed by atoms with Gasteiger partial charge in [-0.05, 0) is 103 Å². The Bertz CT molecular complexity index is 2110. The molecule has 0 aliphatic carbocycles. The van der Waals surface area contributed by atoms with Crippen LogP contribution in [0.15, 0.2) is 60.7 Å². The first kappa shape index (κ1) is 46.4. The van der Waals surface area contributed by atoms with E-state index in [1.54, 1.807) is 24.3 Å². The number of methoxy groups -OCH3 is 2. The molecule has 0 amide bonds. The van der Waals surface area contributed by atoms with E-state index in [0.717, 1.165) is 44.5 Å². The Hall–Kier alpha value is -5.24. The maximum Gasteiger partial charge on any atom is 0.231 e. The van der Waals surface area contributed by atoms with Crippen molar-refractivity contribution in [2.24, 2.45) is 0 Å². The van der Waals surface area contributed by atoms with Gasteiger partial charge in [-0.1, -0.05) is 133 Å². The van der Waals surface area contributed by atoms with E-state index in [2.05, 4.69) is 114 Å². The van der Waals surface area contributed by atoms with Crippen molar-refractivity contribution >= 4 is 12.2 Å². The Morgan fingerprint density at radius 2 is 0.746 bits per heavy atom. The van der Waals surface area contributed by atoms with Crippen LogP contribution in [-0.2, 0) is 21.7 Å². The number of hydrogen-bond donors (Lipinski definition) is 4. The first-order valence-corrected chi connectivity index (χ1v) is 20.4. The second-order valence-corrected chi connectivity index (χ2v) is 19.8. The van der Waals surface area contributed by atoms with E-state index in [0.29, 0.717) is 11.5 Å². The van der Waals surface area contributed by atoms with Crippen LogP contribution in [0.3, 0.4) is 0 Å². The summed E-state index contributed by atoms with van der Waals surface area (Å²) in [5.74, 6) is 0.980. The van der Waals surface area contributed by atoms with Crippen molar-refractivity contribution in [1.82, 2.24) is 0 Å². The Morgan fingerprint density at radius 3 is 1.14 bits per heavy atom. The summed E-state index contributed by atoms with van der Waals surface area (Å²) in [6, 6.07) is 15.2. The van der Waals surface area contributed by atoms with E-state index in [1.165, 1.54) is 14.2 Å². The summed E-state index contributed by atoms with van der Waals surface area (Å²) in [6.07, 6.45) is 8.13. The third-order valence-corrected chi connectivity index (χ3v) is 10.7. The molecule has 4 rings (SSSR count). The van der Waals surface area contributed by atoms with Crippen molar-refractivity contribution in [1.29, 1.82) is 0 Å². The zero-order chi connectivity index (χ0) is 44.4. The number of phenolic OH excluding ortho intramolecular Hbond substituents is 4. The van der Waals surface area contributed by atoms with Crippen LogP contribution in [0.1, 0.15) is 153 Å². The molecule has 0 saturated heterocycles. The molecule has 0 heterocycles. The normalized spacial score (nSPS) is 13.8. The quantitative estimate of drug-likeness (QED) is 0.105. The van der Waals surface area contributed by atoms with Gasteiger partial charge in [0, 0.05) is 11.1 Å². The van der Waals surface area contributed by atoms with Gasteiger partial charge in [0.25, 0.3) is 0 Å². The lowest BCUT2D eigenvalue weighted by Gasteiger charge is -2.29. The first-order valence-electron chi connectivity index (χ1n) is 20.4. The molecule has 0 aliphatic rings. The maximum atomic E-state index is 11.2. The summed E-state index contributed by atoms with van der Waals surface area (Å²) >= 11 is 0. The van der Waals surface area contributed by atoms with E-state index in [9.17, 15) is 20.4 Å². The van der Waals surface area contributed by atoms with Crippen molar-refractivity contribution in [2.75, 3.05) is 21.0 Å². The fourth-order valence-corrected chi connectivity index (χ4v) is 6.94. The van der Waals surface area contributed by atoms with Gasteiger partial charge in [-0.3, -0.25) is 0 Å². The lowest BCUT2D eigenvalue weighted by molar-refractivity contribution is 0.112. The minimum atomic E-state index is -0.331. The molecule has 4 aromatic rings. The van der Waals surface area contributed by atoms with Crippen molar-refractivity contribution in [3.63, 3.8) is 0 Å². The topological polar surface area (TPSA) is 118 Å². The summed E-state index contributed by atoms with van der Waals surface area (Å²) < 4.78 is 22.9. The molecule has 0 aliphatic heterocycles. The highest BCUT2D eigenvalue weighted by molar-refractivity contribution is 5.63. The van der Waals surface area contributed by atoms with Crippen LogP contribution >= 0.6 is 0 Å².